The van der Waals surface area contributed by atoms with Crippen LogP contribution in [0.4, 0.5) is 35.0 Å². The smallest absolute Gasteiger partial charge is 0.435 e. The molecule has 3 aromatic heterocycles. The van der Waals surface area contributed by atoms with Crippen molar-refractivity contribution in [2.75, 3.05) is 38.0 Å². The highest BCUT2D eigenvalue weighted by molar-refractivity contribution is 6.31. The molecule has 10 nitrogen and oxygen atoms in total. The van der Waals surface area contributed by atoms with Gasteiger partial charge in [-0.15, -0.1) is 0 Å². The molecule has 0 aliphatic heterocycles. The largest absolute Gasteiger partial charge is 0.465 e. The van der Waals surface area contributed by atoms with Gasteiger partial charge in [0.15, 0.2) is 11.5 Å². The minimum absolute atomic E-state index is 0.0381. The number of carbonyl (C=O) groups is 1. The van der Waals surface area contributed by atoms with E-state index in [4.69, 9.17) is 21.1 Å². The maximum atomic E-state index is 13.6. The zero-order valence-corrected chi connectivity index (χ0v) is 22.1. The molecule has 0 radical (unpaired) electrons. The second-order valence-electron chi connectivity index (χ2n) is 8.30. The van der Waals surface area contributed by atoms with Gasteiger partial charge in [-0.05, 0) is 37.3 Å². The number of alkyl halides is 3. The van der Waals surface area contributed by atoms with Crippen LogP contribution in [0.15, 0.2) is 42.7 Å². The molecule has 0 saturated carbocycles. The van der Waals surface area contributed by atoms with Gasteiger partial charge >= 0.3 is 12.1 Å². The van der Waals surface area contributed by atoms with Crippen LogP contribution >= 0.6 is 11.6 Å². The highest BCUT2D eigenvalue weighted by Gasteiger charge is 2.35. The first kappa shape index (κ1) is 28.7. The zero-order valence-electron chi connectivity index (χ0n) is 21.3. The Morgan fingerprint density at radius 3 is 2.55 bits per heavy atom. The van der Waals surface area contributed by atoms with Crippen LogP contribution in [0.5, 0.6) is 0 Å². The first-order valence-corrected chi connectivity index (χ1v) is 11.9. The van der Waals surface area contributed by atoms with Gasteiger partial charge in [0.1, 0.15) is 17.2 Å². The Morgan fingerprint density at radius 1 is 1.12 bits per heavy atom. The SMILES string of the molecule is COCCNc1ncc(-c2cnc(Nc3ccc(F)c(Cl)c3)nc2-n2nc(C(F)(F)F)cc2C)cc1C(=O)OC. The highest BCUT2D eigenvalue weighted by Crippen LogP contribution is 2.33. The Bertz CT molecular complexity index is 1550. The normalized spacial score (nSPS) is 11.4. The van der Waals surface area contributed by atoms with E-state index in [1.807, 2.05) is 0 Å². The molecule has 0 atom stereocenters. The molecule has 0 aliphatic carbocycles. The summed E-state index contributed by atoms with van der Waals surface area (Å²) in [5.74, 6) is -1.19. The van der Waals surface area contributed by atoms with Crippen molar-refractivity contribution in [3.05, 3.63) is 70.5 Å². The average molecular weight is 580 g/mol. The Morgan fingerprint density at radius 2 is 1.90 bits per heavy atom. The number of halogens is 5. The summed E-state index contributed by atoms with van der Waals surface area (Å²) in [4.78, 5) is 25.5. The molecule has 210 valence electrons. The van der Waals surface area contributed by atoms with Gasteiger partial charge in [-0.1, -0.05) is 11.6 Å². The minimum Gasteiger partial charge on any atom is -0.465 e. The quantitative estimate of drug-likeness (QED) is 0.152. The van der Waals surface area contributed by atoms with E-state index in [0.29, 0.717) is 24.4 Å². The van der Waals surface area contributed by atoms with Crippen LogP contribution < -0.4 is 10.6 Å². The number of ether oxygens (including phenoxy) is 2. The molecule has 0 fully saturated rings. The van der Waals surface area contributed by atoms with Crippen molar-refractivity contribution < 1.29 is 31.8 Å². The van der Waals surface area contributed by atoms with Gasteiger partial charge in [-0.3, -0.25) is 0 Å². The summed E-state index contributed by atoms with van der Waals surface area (Å²) >= 11 is 5.85. The molecule has 3 heterocycles. The predicted octanol–water partition coefficient (Wildman–Crippen LogP) is 5.43. The molecular weight excluding hydrogens is 558 g/mol. The number of benzene rings is 1. The summed E-state index contributed by atoms with van der Waals surface area (Å²) in [6.45, 7) is 2.12. The van der Waals surface area contributed by atoms with Crippen molar-refractivity contribution in [1.82, 2.24) is 24.7 Å². The fourth-order valence-corrected chi connectivity index (χ4v) is 3.80. The van der Waals surface area contributed by atoms with Crippen LogP contribution in [0.2, 0.25) is 5.02 Å². The molecule has 0 bridgehead atoms. The van der Waals surface area contributed by atoms with Crippen molar-refractivity contribution >= 4 is 35.0 Å². The Hall–Kier alpha value is -4.30. The van der Waals surface area contributed by atoms with E-state index in [-0.39, 0.29) is 39.4 Å². The van der Waals surface area contributed by atoms with Crippen molar-refractivity contribution in [3.63, 3.8) is 0 Å². The van der Waals surface area contributed by atoms with Crippen molar-refractivity contribution in [2.24, 2.45) is 0 Å². The third-order valence-electron chi connectivity index (χ3n) is 5.53. The molecule has 0 aliphatic rings. The van der Waals surface area contributed by atoms with E-state index in [9.17, 15) is 22.4 Å². The van der Waals surface area contributed by atoms with E-state index >= 15 is 0 Å². The number of anilines is 3. The van der Waals surface area contributed by atoms with Gasteiger partial charge in [0.2, 0.25) is 5.95 Å². The zero-order chi connectivity index (χ0) is 29.0. The van der Waals surface area contributed by atoms with Crippen molar-refractivity contribution in [1.29, 1.82) is 0 Å². The molecule has 0 amide bonds. The van der Waals surface area contributed by atoms with Crippen LogP contribution in [0.25, 0.3) is 16.9 Å². The molecule has 40 heavy (non-hydrogen) atoms. The number of hydrogen-bond donors (Lipinski definition) is 2. The summed E-state index contributed by atoms with van der Waals surface area (Å²) < 4.78 is 64.9. The fraction of sp³-hybridized carbons (Fsp3) is 0.240. The number of nitrogens with one attached hydrogen (secondary N) is 2. The number of carbonyl (C=O) groups excluding carboxylic acids is 1. The fourth-order valence-electron chi connectivity index (χ4n) is 3.62. The first-order valence-electron chi connectivity index (χ1n) is 11.6. The summed E-state index contributed by atoms with van der Waals surface area (Å²) in [6, 6.07) is 6.15. The number of methoxy groups -OCH3 is 2. The molecule has 4 aromatic rings. The monoisotopic (exact) mass is 579 g/mol. The van der Waals surface area contributed by atoms with Crippen molar-refractivity contribution in [3.8, 4) is 16.9 Å². The Kier molecular flexibility index (Phi) is 8.49. The standard InChI is InChI=1S/C25H22ClF4N7O3/c1-13-8-20(25(28,29)30)36-37(13)22-17(12-33-24(35-22)34-15-4-5-19(27)18(26)10-15)14-9-16(23(38)40-3)21(32-11-14)31-6-7-39-2/h4-5,8-12H,6-7H2,1-3H3,(H,31,32)(H,33,34,35). The molecule has 0 saturated heterocycles. The van der Waals surface area contributed by atoms with Crippen LogP contribution in [0.3, 0.4) is 0 Å². The summed E-state index contributed by atoms with van der Waals surface area (Å²) in [5, 5.41) is 9.38. The number of pyridine rings is 1. The van der Waals surface area contributed by atoms with Gasteiger partial charge < -0.3 is 20.1 Å². The third kappa shape index (κ3) is 6.29. The van der Waals surface area contributed by atoms with E-state index < -0.39 is 23.7 Å². The maximum absolute atomic E-state index is 13.6. The number of rotatable bonds is 9. The predicted molar refractivity (Wildman–Crippen MR) is 139 cm³/mol. The lowest BCUT2D eigenvalue weighted by atomic mass is 10.1. The van der Waals surface area contributed by atoms with E-state index in [2.05, 4.69) is 30.7 Å². The maximum Gasteiger partial charge on any atom is 0.435 e. The van der Waals surface area contributed by atoms with Gasteiger partial charge in [-0.25, -0.2) is 23.8 Å². The second kappa shape index (κ2) is 11.8. The molecule has 4 rings (SSSR count). The third-order valence-corrected chi connectivity index (χ3v) is 5.82. The lowest BCUT2D eigenvalue weighted by Gasteiger charge is -2.15. The van der Waals surface area contributed by atoms with Crippen LogP contribution in [0.1, 0.15) is 21.7 Å². The summed E-state index contributed by atoms with van der Waals surface area (Å²) in [7, 11) is 2.72. The van der Waals surface area contributed by atoms with Gasteiger partial charge in [0.05, 0.1) is 18.7 Å². The highest BCUT2D eigenvalue weighted by atomic mass is 35.5. The number of nitrogens with zero attached hydrogens (tertiary/aromatic N) is 5. The molecule has 15 heteroatoms. The summed E-state index contributed by atoms with van der Waals surface area (Å²) in [6.07, 6.45) is -1.97. The average Bonchev–Trinajstić information content (AvgIpc) is 3.32. The lowest BCUT2D eigenvalue weighted by Crippen LogP contribution is -2.14. The lowest BCUT2D eigenvalue weighted by molar-refractivity contribution is -0.141. The Balaban J connectivity index is 1.85. The minimum atomic E-state index is -4.70. The number of aryl methyl sites for hydroxylation is 1. The molecule has 0 spiro atoms. The first-order chi connectivity index (χ1) is 19.0. The molecule has 0 unspecified atom stereocenters. The van der Waals surface area contributed by atoms with Gasteiger partial charge in [0, 0.05) is 48.6 Å². The van der Waals surface area contributed by atoms with Crippen LogP contribution in [-0.4, -0.2) is 58.1 Å². The van der Waals surface area contributed by atoms with E-state index in [1.165, 1.54) is 51.7 Å². The number of hydrogen-bond acceptors (Lipinski definition) is 9. The van der Waals surface area contributed by atoms with Gasteiger partial charge in [-0.2, -0.15) is 23.3 Å². The van der Waals surface area contributed by atoms with Crippen LogP contribution in [-0.2, 0) is 15.7 Å². The van der Waals surface area contributed by atoms with E-state index in [0.717, 1.165) is 16.8 Å². The molecule has 1 aromatic carbocycles. The number of esters is 1. The van der Waals surface area contributed by atoms with E-state index in [1.54, 1.807) is 0 Å². The Labute approximate surface area is 230 Å². The second-order valence-corrected chi connectivity index (χ2v) is 8.70. The van der Waals surface area contributed by atoms with Gasteiger partial charge in [0.25, 0.3) is 0 Å². The van der Waals surface area contributed by atoms with Crippen molar-refractivity contribution in [2.45, 2.75) is 13.1 Å². The number of aromatic nitrogens is 5. The summed E-state index contributed by atoms with van der Waals surface area (Å²) in [5.41, 5.74) is -0.0866. The molecule has 2 N–H and O–H groups in total. The molecular formula is C25H22ClF4N7O3. The topological polar surface area (TPSA) is 116 Å². The van der Waals surface area contributed by atoms with Crippen LogP contribution in [0, 0.1) is 12.7 Å².